The molecule has 0 spiro atoms. The molecule has 1 unspecified atom stereocenters. The lowest BCUT2D eigenvalue weighted by molar-refractivity contribution is 0.0864. The highest BCUT2D eigenvalue weighted by Gasteiger charge is 2.34. The Morgan fingerprint density at radius 3 is 2.49 bits per heavy atom. The van der Waals surface area contributed by atoms with Crippen LogP contribution in [0.5, 0.6) is 5.88 Å². The van der Waals surface area contributed by atoms with Gasteiger partial charge in [-0.05, 0) is 48.1 Å². The topological polar surface area (TPSA) is 84.5 Å². The summed E-state index contributed by atoms with van der Waals surface area (Å²) in [4.78, 5) is 11.1. The zero-order chi connectivity index (χ0) is 23.8. The van der Waals surface area contributed by atoms with Gasteiger partial charge in [-0.1, -0.05) is 60.7 Å². The first-order valence-corrected chi connectivity index (χ1v) is 12.1. The number of ether oxygens (including phenoxy) is 1. The molecule has 2 aromatic carbocycles. The molecule has 0 bridgehead atoms. The Morgan fingerprint density at radius 1 is 1.00 bits per heavy atom. The number of fused-ring (bicyclic) bond motifs is 1. The molecule has 1 aliphatic heterocycles. The lowest BCUT2D eigenvalue weighted by Crippen LogP contribution is -2.43. The third kappa shape index (κ3) is 4.05. The van der Waals surface area contributed by atoms with Gasteiger partial charge >= 0.3 is 0 Å². The normalized spacial score (nSPS) is 18.3. The van der Waals surface area contributed by atoms with E-state index in [1.54, 1.807) is 6.20 Å². The molecule has 1 aliphatic carbocycles. The Morgan fingerprint density at radius 2 is 1.80 bits per heavy atom. The molecule has 35 heavy (non-hydrogen) atoms. The SMILES string of the molecule is NC1(c2ccc(-c3nc4c(cc3-c3ccccc3)N(Cc3cccnc3)C(O)CO4)cc2)CCC1. The van der Waals surface area contributed by atoms with Crippen LogP contribution in [0, 0.1) is 0 Å². The summed E-state index contributed by atoms with van der Waals surface area (Å²) in [6.45, 7) is 0.660. The van der Waals surface area contributed by atoms with Crippen molar-refractivity contribution in [2.24, 2.45) is 5.73 Å². The summed E-state index contributed by atoms with van der Waals surface area (Å²) in [6, 6.07) is 24.7. The van der Waals surface area contributed by atoms with Gasteiger partial charge in [0, 0.05) is 35.6 Å². The zero-order valence-electron chi connectivity index (χ0n) is 19.5. The molecule has 6 heteroatoms. The second kappa shape index (κ2) is 8.80. The number of aliphatic hydroxyl groups excluding tert-OH is 1. The van der Waals surface area contributed by atoms with E-state index in [-0.39, 0.29) is 12.1 Å². The summed E-state index contributed by atoms with van der Waals surface area (Å²) >= 11 is 0. The van der Waals surface area contributed by atoms with Crippen LogP contribution in [-0.4, -0.2) is 27.9 Å². The van der Waals surface area contributed by atoms with Crippen LogP contribution in [0.2, 0.25) is 0 Å². The van der Waals surface area contributed by atoms with Gasteiger partial charge in [-0.15, -0.1) is 0 Å². The Bertz CT molecular complexity index is 1320. The minimum Gasteiger partial charge on any atom is -0.471 e. The van der Waals surface area contributed by atoms with E-state index in [0.717, 1.165) is 46.5 Å². The maximum absolute atomic E-state index is 10.8. The van der Waals surface area contributed by atoms with Crippen LogP contribution in [0.3, 0.4) is 0 Å². The standard InChI is InChI=1S/C29H28N4O2/c30-29(13-5-14-29)23-11-9-22(10-12-23)27-24(21-7-2-1-3-8-21)16-25-28(32-27)35-19-26(34)33(25)18-20-6-4-15-31-17-20/h1-4,6-12,15-17,26,34H,5,13-14,18-19,30H2. The number of anilines is 1. The van der Waals surface area contributed by atoms with Gasteiger partial charge in [0.1, 0.15) is 12.3 Å². The second-order valence-electron chi connectivity index (χ2n) is 9.44. The Balaban J connectivity index is 1.45. The molecule has 6 nitrogen and oxygen atoms in total. The van der Waals surface area contributed by atoms with Crippen molar-refractivity contribution < 1.29 is 9.84 Å². The Labute approximate surface area is 205 Å². The molecule has 3 heterocycles. The van der Waals surface area contributed by atoms with Crippen LogP contribution in [0.15, 0.2) is 85.2 Å². The first-order chi connectivity index (χ1) is 17.1. The second-order valence-corrected chi connectivity index (χ2v) is 9.44. The van der Waals surface area contributed by atoms with Crippen molar-refractivity contribution in [3.05, 3.63) is 96.3 Å². The molecule has 3 N–H and O–H groups in total. The predicted molar refractivity (Wildman–Crippen MR) is 137 cm³/mol. The number of rotatable bonds is 5. The summed E-state index contributed by atoms with van der Waals surface area (Å²) in [7, 11) is 0. The molecule has 0 radical (unpaired) electrons. The molecule has 2 aromatic heterocycles. The summed E-state index contributed by atoms with van der Waals surface area (Å²) in [5.41, 5.74) is 13.2. The third-order valence-electron chi connectivity index (χ3n) is 7.15. The summed E-state index contributed by atoms with van der Waals surface area (Å²) in [5.74, 6) is 0.521. The van der Waals surface area contributed by atoms with Gasteiger partial charge in [0.15, 0.2) is 6.23 Å². The quantitative estimate of drug-likeness (QED) is 0.439. The number of hydrogen-bond donors (Lipinski definition) is 2. The highest BCUT2D eigenvalue weighted by molar-refractivity contribution is 5.85. The average molecular weight is 465 g/mol. The minimum absolute atomic E-state index is 0.152. The van der Waals surface area contributed by atoms with Crippen molar-refractivity contribution in [3.63, 3.8) is 0 Å². The number of hydrogen-bond acceptors (Lipinski definition) is 6. The highest BCUT2D eigenvalue weighted by Crippen LogP contribution is 2.43. The maximum Gasteiger partial charge on any atom is 0.238 e. The van der Waals surface area contributed by atoms with Crippen molar-refractivity contribution >= 4 is 5.69 Å². The Hall–Kier alpha value is -3.74. The number of nitrogens with two attached hydrogens (primary N) is 1. The van der Waals surface area contributed by atoms with Crippen molar-refractivity contribution in [3.8, 4) is 28.3 Å². The molecule has 4 aromatic rings. The number of nitrogens with zero attached hydrogens (tertiary/aromatic N) is 3. The average Bonchev–Trinajstić information content (AvgIpc) is 2.89. The van der Waals surface area contributed by atoms with E-state index in [1.165, 1.54) is 12.0 Å². The molecule has 1 atom stereocenters. The number of benzene rings is 2. The lowest BCUT2D eigenvalue weighted by atomic mass is 9.72. The van der Waals surface area contributed by atoms with Crippen LogP contribution in [0.4, 0.5) is 5.69 Å². The van der Waals surface area contributed by atoms with Crippen LogP contribution >= 0.6 is 0 Å². The van der Waals surface area contributed by atoms with Crippen LogP contribution in [-0.2, 0) is 12.1 Å². The molecule has 176 valence electrons. The maximum atomic E-state index is 10.8. The molecule has 1 saturated carbocycles. The number of aliphatic hydroxyl groups is 1. The number of aromatic nitrogens is 2. The lowest BCUT2D eigenvalue weighted by Gasteiger charge is -2.38. The van der Waals surface area contributed by atoms with Gasteiger partial charge in [-0.25, -0.2) is 4.98 Å². The molecular weight excluding hydrogens is 436 g/mol. The van der Waals surface area contributed by atoms with Gasteiger partial charge in [0.05, 0.1) is 5.69 Å². The van der Waals surface area contributed by atoms with E-state index in [2.05, 4.69) is 47.4 Å². The molecule has 2 aliphatic rings. The van der Waals surface area contributed by atoms with E-state index >= 15 is 0 Å². The van der Waals surface area contributed by atoms with E-state index in [4.69, 9.17) is 15.5 Å². The largest absolute Gasteiger partial charge is 0.471 e. The van der Waals surface area contributed by atoms with Crippen LogP contribution < -0.4 is 15.4 Å². The fourth-order valence-electron chi connectivity index (χ4n) is 4.94. The van der Waals surface area contributed by atoms with Crippen LogP contribution in [0.1, 0.15) is 30.4 Å². The fourth-order valence-corrected chi connectivity index (χ4v) is 4.94. The molecule has 6 rings (SSSR count). The third-order valence-corrected chi connectivity index (χ3v) is 7.15. The summed E-state index contributed by atoms with van der Waals surface area (Å²) in [5, 5.41) is 10.8. The molecule has 0 amide bonds. The van der Waals surface area contributed by atoms with Gasteiger partial charge in [-0.3, -0.25) is 4.98 Å². The monoisotopic (exact) mass is 464 g/mol. The van der Waals surface area contributed by atoms with Gasteiger partial charge in [0.25, 0.3) is 0 Å². The molecule has 0 saturated heterocycles. The summed E-state index contributed by atoms with van der Waals surface area (Å²) < 4.78 is 5.92. The van der Waals surface area contributed by atoms with Gasteiger partial charge in [0.2, 0.25) is 5.88 Å². The van der Waals surface area contributed by atoms with Crippen molar-refractivity contribution in [1.82, 2.24) is 9.97 Å². The van der Waals surface area contributed by atoms with Crippen molar-refractivity contribution in [2.75, 3.05) is 11.5 Å². The van der Waals surface area contributed by atoms with Crippen molar-refractivity contribution in [1.29, 1.82) is 0 Å². The van der Waals surface area contributed by atoms with E-state index in [0.29, 0.717) is 12.4 Å². The fraction of sp³-hybridized carbons (Fsp3) is 0.241. The predicted octanol–water partition coefficient (Wildman–Crippen LogP) is 4.87. The highest BCUT2D eigenvalue weighted by atomic mass is 16.5. The van der Waals surface area contributed by atoms with E-state index in [9.17, 15) is 5.11 Å². The Kier molecular flexibility index (Phi) is 5.47. The first kappa shape index (κ1) is 21.8. The van der Waals surface area contributed by atoms with E-state index in [1.807, 2.05) is 41.4 Å². The molecular formula is C29H28N4O2. The van der Waals surface area contributed by atoms with Gasteiger partial charge < -0.3 is 20.5 Å². The van der Waals surface area contributed by atoms with Crippen molar-refractivity contribution in [2.45, 2.75) is 37.6 Å². The van der Waals surface area contributed by atoms with E-state index < -0.39 is 6.23 Å². The smallest absolute Gasteiger partial charge is 0.238 e. The van der Waals surface area contributed by atoms with Gasteiger partial charge in [-0.2, -0.15) is 0 Å². The number of pyridine rings is 2. The first-order valence-electron chi connectivity index (χ1n) is 12.1. The minimum atomic E-state index is -0.776. The zero-order valence-corrected chi connectivity index (χ0v) is 19.5. The summed E-state index contributed by atoms with van der Waals surface area (Å²) in [6.07, 6.45) is 6.03. The van der Waals surface area contributed by atoms with Crippen LogP contribution in [0.25, 0.3) is 22.4 Å². The molecule has 1 fully saturated rings.